The third kappa shape index (κ3) is 6.53. The molecule has 0 atom stereocenters. The van der Waals surface area contributed by atoms with Crippen LogP contribution in [0.15, 0.2) is 0 Å². The van der Waals surface area contributed by atoms with Gasteiger partial charge in [0, 0.05) is 5.25 Å². The van der Waals surface area contributed by atoms with E-state index >= 15 is 0 Å². The van der Waals surface area contributed by atoms with Crippen LogP contribution in [0.1, 0.15) is 19.8 Å². The quantitative estimate of drug-likeness (QED) is 0.666. The fourth-order valence-electron chi connectivity index (χ4n) is 1.59. The molecule has 0 aliphatic carbocycles. The van der Waals surface area contributed by atoms with Gasteiger partial charge in [0.2, 0.25) is 5.91 Å². The molecule has 1 aliphatic heterocycles. The number of esters is 1. The molecule has 0 radical (unpaired) electrons. The summed E-state index contributed by atoms with van der Waals surface area (Å²) in [4.78, 5) is 22.4. The molecule has 0 spiro atoms. The number of carbonyl (C=O) groups is 2. The summed E-state index contributed by atoms with van der Waals surface area (Å²) in [5.41, 5.74) is 0. The number of hydrogen-bond acceptors (Lipinski definition) is 5. The Morgan fingerprint density at radius 2 is 2.12 bits per heavy atom. The van der Waals surface area contributed by atoms with Crippen molar-refractivity contribution >= 4 is 23.6 Å². The van der Waals surface area contributed by atoms with Gasteiger partial charge in [0.05, 0.1) is 12.4 Å². The summed E-state index contributed by atoms with van der Waals surface area (Å²) in [6, 6.07) is 0. The second kappa shape index (κ2) is 8.36. The van der Waals surface area contributed by atoms with E-state index in [1.807, 2.05) is 0 Å². The van der Waals surface area contributed by atoms with E-state index in [9.17, 15) is 9.59 Å². The van der Waals surface area contributed by atoms with Crippen LogP contribution in [0.2, 0.25) is 0 Å². The Morgan fingerprint density at radius 1 is 1.41 bits per heavy atom. The zero-order valence-electron chi connectivity index (χ0n) is 10.2. The Balaban J connectivity index is 2.06. The first kappa shape index (κ1) is 14.3. The van der Waals surface area contributed by atoms with Gasteiger partial charge in [-0.2, -0.15) is 0 Å². The second-order valence-corrected chi connectivity index (χ2v) is 5.13. The molecule has 2 N–H and O–H groups in total. The molecule has 0 unspecified atom stereocenters. The van der Waals surface area contributed by atoms with Crippen molar-refractivity contribution in [2.24, 2.45) is 0 Å². The molecular formula is C11H20N2O3S. The molecule has 0 aromatic rings. The number of nitrogens with one attached hydrogen (secondary N) is 2. The highest BCUT2D eigenvalue weighted by Crippen LogP contribution is 2.19. The van der Waals surface area contributed by atoms with Crippen LogP contribution in [0.25, 0.3) is 0 Å². The van der Waals surface area contributed by atoms with Crippen LogP contribution < -0.4 is 10.6 Å². The molecule has 0 bridgehead atoms. The molecule has 1 heterocycles. The van der Waals surface area contributed by atoms with Crippen LogP contribution >= 0.6 is 11.8 Å². The highest BCUT2D eigenvalue weighted by molar-refractivity contribution is 8.00. The van der Waals surface area contributed by atoms with Crippen molar-refractivity contribution in [3.63, 3.8) is 0 Å². The van der Waals surface area contributed by atoms with E-state index in [0.29, 0.717) is 17.6 Å². The summed E-state index contributed by atoms with van der Waals surface area (Å²) in [6.07, 6.45) is 2.21. The van der Waals surface area contributed by atoms with Crippen LogP contribution in [-0.2, 0) is 14.3 Å². The molecule has 0 saturated carbocycles. The monoisotopic (exact) mass is 260 g/mol. The summed E-state index contributed by atoms with van der Waals surface area (Å²) in [5.74, 6) is -0.0568. The van der Waals surface area contributed by atoms with Crippen LogP contribution in [0.5, 0.6) is 0 Å². The smallest absolute Gasteiger partial charge is 0.325 e. The van der Waals surface area contributed by atoms with Gasteiger partial charge in [-0.05, 0) is 32.9 Å². The van der Waals surface area contributed by atoms with E-state index in [1.165, 1.54) is 0 Å². The number of rotatable bonds is 6. The van der Waals surface area contributed by atoms with Gasteiger partial charge in [-0.15, -0.1) is 11.8 Å². The number of ether oxygens (including phenoxy) is 1. The van der Waals surface area contributed by atoms with Gasteiger partial charge >= 0.3 is 5.97 Å². The lowest BCUT2D eigenvalue weighted by atomic mass is 10.2. The Bertz CT molecular complexity index is 255. The van der Waals surface area contributed by atoms with Crippen molar-refractivity contribution in [2.75, 3.05) is 32.0 Å². The molecule has 0 aromatic heterocycles. The molecule has 98 valence electrons. The molecule has 17 heavy (non-hydrogen) atoms. The maximum Gasteiger partial charge on any atom is 0.325 e. The zero-order valence-corrected chi connectivity index (χ0v) is 11.0. The Hall–Kier alpha value is -0.750. The fourth-order valence-corrected chi connectivity index (χ4v) is 2.65. The predicted octanol–water partition coefficient (Wildman–Crippen LogP) is 0.151. The standard InChI is InChI=1S/C11H20N2O3S/c1-2-16-11(15)7-13-10(14)8-17-9-3-5-12-6-4-9/h9,12H,2-8H2,1H3,(H,13,14). The molecule has 1 aliphatic rings. The Kier molecular flexibility index (Phi) is 7.04. The van der Waals surface area contributed by atoms with Gasteiger partial charge in [-0.3, -0.25) is 9.59 Å². The number of thioether (sulfide) groups is 1. The highest BCUT2D eigenvalue weighted by atomic mass is 32.2. The van der Waals surface area contributed by atoms with Crippen LogP contribution in [0.4, 0.5) is 0 Å². The van der Waals surface area contributed by atoms with E-state index in [0.717, 1.165) is 25.9 Å². The number of carbonyl (C=O) groups excluding carboxylic acids is 2. The number of hydrogen-bond donors (Lipinski definition) is 2. The van der Waals surface area contributed by atoms with Gasteiger partial charge in [-0.1, -0.05) is 0 Å². The SMILES string of the molecule is CCOC(=O)CNC(=O)CSC1CCNCC1. The molecule has 6 heteroatoms. The average Bonchev–Trinajstić information content (AvgIpc) is 2.35. The van der Waals surface area contributed by atoms with E-state index in [4.69, 9.17) is 4.74 Å². The van der Waals surface area contributed by atoms with Gasteiger partial charge in [-0.25, -0.2) is 0 Å². The van der Waals surface area contributed by atoms with Crippen LogP contribution in [-0.4, -0.2) is 49.1 Å². The van der Waals surface area contributed by atoms with Crippen molar-refractivity contribution in [2.45, 2.75) is 25.0 Å². The number of piperidine rings is 1. The summed E-state index contributed by atoms with van der Waals surface area (Å²) in [5, 5.41) is 6.40. The third-order valence-corrected chi connectivity index (χ3v) is 3.84. The zero-order chi connectivity index (χ0) is 12.5. The first-order valence-corrected chi connectivity index (χ1v) is 7.02. The second-order valence-electron chi connectivity index (χ2n) is 3.84. The van der Waals surface area contributed by atoms with Crippen molar-refractivity contribution in [1.29, 1.82) is 0 Å². The fraction of sp³-hybridized carbons (Fsp3) is 0.818. The average molecular weight is 260 g/mol. The lowest BCUT2D eigenvalue weighted by Gasteiger charge is -2.21. The van der Waals surface area contributed by atoms with Crippen molar-refractivity contribution in [1.82, 2.24) is 10.6 Å². The predicted molar refractivity (Wildman–Crippen MR) is 68.0 cm³/mol. The van der Waals surface area contributed by atoms with Crippen molar-refractivity contribution in [3.8, 4) is 0 Å². The highest BCUT2D eigenvalue weighted by Gasteiger charge is 2.15. The summed E-state index contributed by atoms with van der Waals surface area (Å²) in [7, 11) is 0. The molecule has 5 nitrogen and oxygen atoms in total. The minimum atomic E-state index is -0.382. The first-order chi connectivity index (χ1) is 8.22. The molecule has 1 saturated heterocycles. The summed E-state index contributed by atoms with van der Waals surface area (Å²) in [6.45, 7) is 4.12. The molecular weight excluding hydrogens is 240 g/mol. The van der Waals surface area contributed by atoms with Gasteiger partial charge in [0.25, 0.3) is 0 Å². The van der Waals surface area contributed by atoms with E-state index in [2.05, 4.69) is 10.6 Å². The maximum atomic E-state index is 11.4. The lowest BCUT2D eigenvalue weighted by molar-refractivity contribution is -0.143. The first-order valence-electron chi connectivity index (χ1n) is 5.97. The van der Waals surface area contributed by atoms with Gasteiger partial charge in [0.15, 0.2) is 0 Å². The van der Waals surface area contributed by atoms with E-state index in [-0.39, 0.29) is 18.4 Å². The normalized spacial score (nSPS) is 16.5. The minimum Gasteiger partial charge on any atom is -0.465 e. The largest absolute Gasteiger partial charge is 0.465 e. The summed E-state index contributed by atoms with van der Waals surface area (Å²) >= 11 is 1.67. The Labute approximate surface area is 106 Å². The van der Waals surface area contributed by atoms with E-state index in [1.54, 1.807) is 18.7 Å². The molecule has 1 rings (SSSR count). The van der Waals surface area contributed by atoms with Gasteiger partial charge in [0.1, 0.15) is 6.54 Å². The van der Waals surface area contributed by atoms with Crippen LogP contribution in [0, 0.1) is 0 Å². The van der Waals surface area contributed by atoms with E-state index < -0.39 is 0 Å². The Morgan fingerprint density at radius 3 is 2.76 bits per heavy atom. The molecule has 1 amide bonds. The summed E-state index contributed by atoms with van der Waals surface area (Å²) < 4.78 is 4.72. The van der Waals surface area contributed by atoms with Crippen molar-refractivity contribution < 1.29 is 14.3 Å². The maximum absolute atomic E-state index is 11.4. The van der Waals surface area contributed by atoms with Crippen molar-refractivity contribution in [3.05, 3.63) is 0 Å². The number of amides is 1. The molecule has 0 aromatic carbocycles. The third-order valence-electron chi connectivity index (χ3n) is 2.47. The minimum absolute atomic E-state index is 0.0283. The van der Waals surface area contributed by atoms with Crippen LogP contribution in [0.3, 0.4) is 0 Å². The van der Waals surface area contributed by atoms with Gasteiger partial charge < -0.3 is 15.4 Å². The topological polar surface area (TPSA) is 67.4 Å². The molecule has 1 fully saturated rings. The lowest BCUT2D eigenvalue weighted by Crippen LogP contribution is -2.34.